The average molecular weight is 344 g/mol. The van der Waals surface area contributed by atoms with Gasteiger partial charge in [-0.15, -0.1) is 4.83 Å². The van der Waals surface area contributed by atoms with Crippen molar-refractivity contribution in [2.45, 2.75) is 6.42 Å². The van der Waals surface area contributed by atoms with Gasteiger partial charge >= 0.3 is 0 Å². The van der Waals surface area contributed by atoms with Crippen molar-refractivity contribution in [3.63, 3.8) is 0 Å². The molecule has 0 unspecified atom stereocenters. The number of nitrogens with one attached hydrogen (secondary N) is 2. The van der Waals surface area contributed by atoms with E-state index < -0.39 is 31.7 Å². The minimum Gasteiger partial charge on any atom is -0.277 e. The Bertz CT molecular complexity index is 770. The van der Waals surface area contributed by atoms with Crippen molar-refractivity contribution in [1.29, 1.82) is 0 Å². The highest BCUT2D eigenvalue weighted by Gasteiger charge is 2.33. The molecule has 9 heteroatoms. The lowest BCUT2D eigenvalue weighted by molar-refractivity contribution is -0.124. The zero-order chi connectivity index (χ0) is 16.2. The summed E-state index contributed by atoms with van der Waals surface area (Å²) in [5.41, 5.74) is 2.74. The van der Waals surface area contributed by atoms with Gasteiger partial charge in [0.25, 0.3) is 10.0 Å². The molecule has 1 aromatic carbocycles. The van der Waals surface area contributed by atoms with E-state index in [4.69, 9.17) is 0 Å². The van der Waals surface area contributed by atoms with E-state index in [0.29, 0.717) is 5.56 Å². The maximum Gasteiger partial charge on any atom is 0.250 e. The van der Waals surface area contributed by atoms with Crippen molar-refractivity contribution >= 4 is 31.8 Å². The van der Waals surface area contributed by atoms with E-state index in [1.165, 1.54) is 6.08 Å². The Balaban J connectivity index is 1.90. The average Bonchev–Trinajstić information content (AvgIpc) is 2.84. The smallest absolute Gasteiger partial charge is 0.250 e. The predicted octanol–water partition coefficient (Wildman–Crippen LogP) is 0.0426. The molecule has 0 bridgehead atoms. The monoisotopic (exact) mass is 344 g/mol. The number of sulfone groups is 1. The fourth-order valence-electron chi connectivity index (χ4n) is 1.99. The Morgan fingerprint density at radius 2 is 1.91 bits per heavy atom. The number of rotatable bonds is 5. The second kappa shape index (κ2) is 6.59. The molecule has 0 aromatic heterocycles. The highest BCUT2D eigenvalue weighted by molar-refractivity contribution is 7.92. The number of hydrazine groups is 1. The lowest BCUT2D eigenvalue weighted by atomic mass is 10.1. The maximum absolute atomic E-state index is 11.7. The second-order valence-electron chi connectivity index (χ2n) is 4.95. The van der Waals surface area contributed by atoms with E-state index in [1.54, 1.807) is 30.3 Å². The van der Waals surface area contributed by atoms with E-state index in [0.717, 1.165) is 5.41 Å². The number of sulfonamides is 1. The van der Waals surface area contributed by atoms with Gasteiger partial charge in [0, 0.05) is 5.41 Å². The molecule has 1 aromatic rings. The molecular formula is C13H16N2O5S2. The zero-order valence-electron chi connectivity index (χ0n) is 11.6. The molecule has 7 nitrogen and oxygen atoms in total. The standard InChI is InChI=1S/C13H16N2O5S2/c16-13(12-7-8-21(17,18)10-12)14-15-22(19,20)9-6-11-4-2-1-3-5-11/h1-6,9,12,15H,7-8,10H2,(H,14,16)/b9-6+/t12-/m0/s1. The lowest BCUT2D eigenvalue weighted by Gasteiger charge is -2.09. The van der Waals surface area contributed by atoms with Gasteiger partial charge in [0.15, 0.2) is 9.84 Å². The van der Waals surface area contributed by atoms with Gasteiger partial charge in [-0.2, -0.15) is 0 Å². The third-order valence-electron chi connectivity index (χ3n) is 3.16. The normalized spacial score (nSPS) is 21.0. The summed E-state index contributed by atoms with van der Waals surface area (Å²) in [5, 5.41) is 0.925. The molecule has 1 atom stereocenters. The summed E-state index contributed by atoms with van der Waals surface area (Å²) in [6.45, 7) is 0. The molecule has 0 radical (unpaired) electrons. The molecule has 22 heavy (non-hydrogen) atoms. The van der Waals surface area contributed by atoms with Crippen LogP contribution in [-0.4, -0.2) is 34.2 Å². The van der Waals surface area contributed by atoms with Crippen LogP contribution in [-0.2, 0) is 24.7 Å². The van der Waals surface area contributed by atoms with Crippen LogP contribution in [0, 0.1) is 5.92 Å². The van der Waals surface area contributed by atoms with E-state index in [9.17, 15) is 21.6 Å². The van der Waals surface area contributed by atoms with Crippen LogP contribution in [0.25, 0.3) is 6.08 Å². The molecule has 2 rings (SSSR count). The van der Waals surface area contributed by atoms with Crippen molar-refractivity contribution in [2.75, 3.05) is 11.5 Å². The number of amides is 1. The first kappa shape index (κ1) is 16.7. The molecule has 1 saturated heterocycles. The summed E-state index contributed by atoms with van der Waals surface area (Å²) in [4.78, 5) is 13.7. The minimum atomic E-state index is -3.85. The topological polar surface area (TPSA) is 109 Å². The lowest BCUT2D eigenvalue weighted by Crippen LogP contribution is -2.44. The van der Waals surface area contributed by atoms with Gasteiger partial charge in [0.1, 0.15) is 0 Å². The van der Waals surface area contributed by atoms with Crippen LogP contribution in [0.2, 0.25) is 0 Å². The fourth-order valence-corrected chi connectivity index (χ4v) is 4.38. The summed E-state index contributed by atoms with van der Waals surface area (Å²) in [6, 6.07) is 8.80. The summed E-state index contributed by atoms with van der Waals surface area (Å²) in [5.74, 6) is -1.66. The van der Waals surface area contributed by atoms with Crippen molar-refractivity contribution in [1.82, 2.24) is 10.3 Å². The molecular weight excluding hydrogens is 328 g/mol. The Hall–Kier alpha value is -1.71. The van der Waals surface area contributed by atoms with Gasteiger partial charge in [0.05, 0.1) is 17.4 Å². The van der Waals surface area contributed by atoms with E-state index in [-0.39, 0.29) is 17.9 Å². The minimum absolute atomic E-state index is 0.0499. The van der Waals surface area contributed by atoms with Crippen LogP contribution in [0.5, 0.6) is 0 Å². The van der Waals surface area contributed by atoms with Crippen LogP contribution in [0.3, 0.4) is 0 Å². The first-order valence-corrected chi connectivity index (χ1v) is 9.89. The SMILES string of the molecule is O=C(NNS(=O)(=O)/C=C/c1ccccc1)[C@H]1CCS(=O)(=O)C1. The van der Waals surface area contributed by atoms with Gasteiger partial charge in [-0.3, -0.25) is 10.2 Å². The Morgan fingerprint density at radius 3 is 2.50 bits per heavy atom. The van der Waals surface area contributed by atoms with Crippen LogP contribution < -0.4 is 10.3 Å². The van der Waals surface area contributed by atoms with Crippen LogP contribution in [0.15, 0.2) is 35.7 Å². The molecule has 1 fully saturated rings. The number of benzene rings is 1. The van der Waals surface area contributed by atoms with E-state index in [1.807, 2.05) is 10.3 Å². The molecule has 1 aliphatic rings. The first-order chi connectivity index (χ1) is 10.3. The third kappa shape index (κ3) is 4.93. The highest BCUT2D eigenvalue weighted by Crippen LogP contribution is 2.18. The summed E-state index contributed by atoms with van der Waals surface area (Å²) in [7, 11) is -7.04. The second-order valence-corrected chi connectivity index (χ2v) is 8.74. The van der Waals surface area contributed by atoms with Crippen LogP contribution >= 0.6 is 0 Å². The Labute approximate surface area is 129 Å². The first-order valence-electron chi connectivity index (χ1n) is 6.53. The molecule has 0 spiro atoms. The third-order valence-corrected chi connectivity index (χ3v) is 5.81. The quantitative estimate of drug-likeness (QED) is 0.733. The summed E-state index contributed by atoms with van der Waals surface area (Å²) < 4.78 is 46.0. The molecule has 0 aliphatic carbocycles. The largest absolute Gasteiger partial charge is 0.277 e. The molecule has 1 heterocycles. The van der Waals surface area contributed by atoms with Gasteiger partial charge in [-0.1, -0.05) is 30.3 Å². The number of carbonyl (C=O) groups excluding carboxylic acids is 1. The molecule has 0 saturated carbocycles. The van der Waals surface area contributed by atoms with Gasteiger partial charge in [-0.05, 0) is 18.1 Å². The van der Waals surface area contributed by atoms with Crippen molar-refractivity contribution < 1.29 is 21.6 Å². The van der Waals surface area contributed by atoms with Gasteiger partial charge in [-0.25, -0.2) is 16.8 Å². The number of hydrogen-bond donors (Lipinski definition) is 2. The van der Waals surface area contributed by atoms with E-state index >= 15 is 0 Å². The van der Waals surface area contributed by atoms with Crippen molar-refractivity contribution in [2.24, 2.45) is 5.92 Å². The summed E-state index contributed by atoms with van der Waals surface area (Å²) in [6.07, 6.45) is 1.59. The molecule has 1 amide bonds. The fraction of sp³-hybridized carbons (Fsp3) is 0.308. The molecule has 1 aliphatic heterocycles. The Morgan fingerprint density at radius 1 is 1.23 bits per heavy atom. The molecule has 120 valence electrons. The van der Waals surface area contributed by atoms with Crippen LogP contribution in [0.1, 0.15) is 12.0 Å². The van der Waals surface area contributed by atoms with Gasteiger partial charge in [0.2, 0.25) is 5.91 Å². The van der Waals surface area contributed by atoms with Crippen molar-refractivity contribution in [3.05, 3.63) is 41.3 Å². The van der Waals surface area contributed by atoms with Gasteiger partial charge < -0.3 is 0 Å². The maximum atomic E-state index is 11.7. The summed E-state index contributed by atoms with van der Waals surface area (Å²) >= 11 is 0. The Kier molecular flexibility index (Phi) is 4.99. The van der Waals surface area contributed by atoms with Crippen molar-refractivity contribution in [3.8, 4) is 0 Å². The predicted molar refractivity (Wildman–Crippen MR) is 82.4 cm³/mol. The molecule has 2 N–H and O–H groups in total. The van der Waals surface area contributed by atoms with E-state index in [2.05, 4.69) is 0 Å². The number of hydrogen-bond acceptors (Lipinski definition) is 5. The zero-order valence-corrected chi connectivity index (χ0v) is 13.2. The number of carbonyl (C=O) groups is 1. The highest BCUT2D eigenvalue weighted by atomic mass is 32.2. The van der Waals surface area contributed by atoms with Crippen LogP contribution in [0.4, 0.5) is 0 Å².